The molecule has 132 valence electrons. The quantitative estimate of drug-likeness (QED) is 0.533. The number of nitrogens with zero attached hydrogens (tertiary/aromatic N) is 1. The van der Waals surface area contributed by atoms with Crippen molar-refractivity contribution in [3.8, 4) is 0 Å². The highest BCUT2D eigenvalue weighted by Crippen LogP contribution is 2.32. The van der Waals surface area contributed by atoms with Gasteiger partial charge in [-0.25, -0.2) is 13.8 Å². The average Bonchev–Trinajstić information content (AvgIpc) is 3.38. The maximum atomic E-state index is 14.1. The summed E-state index contributed by atoms with van der Waals surface area (Å²) in [7, 11) is 0. The van der Waals surface area contributed by atoms with E-state index in [-0.39, 0.29) is 23.2 Å². The number of anilines is 1. The molecule has 0 bridgehead atoms. The van der Waals surface area contributed by atoms with Crippen LogP contribution in [0.1, 0.15) is 28.8 Å². The van der Waals surface area contributed by atoms with E-state index in [1.807, 2.05) is 0 Å². The highest BCUT2D eigenvalue weighted by Gasteiger charge is 2.30. The summed E-state index contributed by atoms with van der Waals surface area (Å²) in [4.78, 5) is 31.7. The Morgan fingerprint density at radius 2 is 1.92 bits per heavy atom. The minimum atomic E-state index is -0.910. The number of hydrogen-bond donors (Lipinski definition) is 2. The van der Waals surface area contributed by atoms with Crippen LogP contribution < -0.4 is 5.32 Å². The van der Waals surface area contributed by atoms with Crippen LogP contribution in [0.5, 0.6) is 0 Å². The molecule has 4 rings (SSSR count). The van der Waals surface area contributed by atoms with Crippen LogP contribution >= 0.6 is 11.6 Å². The van der Waals surface area contributed by atoms with Gasteiger partial charge in [-0.1, -0.05) is 11.6 Å². The van der Waals surface area contributed by atoms with Crippen LogP contribution in [0.4, 0.5) is 14.6 Å². The molecule has 8 heteroatoms. The second-order valence-corrected chi connectivity index (χ2v) is 6.47. The lowest BCUT2D eigenvalue weighted by atomic mass is 10.0. The molecule has 2 N–H and O–H groups in total. The van der Waals surface area contributed by atoms with Crippen molar-refractivity contribution in [2.75, 3.05) is 5.32 Å². The first-order valence-corrected chi connectivity index (χ1v) is 8.30. The van der Waals surface area contributed by atoms with Crippen molar-refractivity contribution in [3.05, 3.63) is 58.4 Å². The zero-order valence-corrected chi connectivity index (χ0v) is 14.0. The summed E-state index contributed by atoms with van der Waals surface area (Å²) in [6, 6.07) is 3.27. The Morgan fingerprint density at radius 3 is 2.65 bits per heavy atom. The number of hydrogen-bond acceptors (Lipinski definition) is 3. The zero-order valence-electron chi connectivity index (χ0n) is 13.3. The summed E-state index contributed by atoms with van der Waals surface area (Å²) < 4.78 is 27.7. The topological polar surface area (TPSA) is 74.8 Å². The minimum absolute atomic E-state index is 0.0108. The molecule has 0 radical (unpaired) electrons. The molecular formula is C18H12ClF2N3O2. The van der Waals surface area contributed by atoms with Gasteiger partial charge in [0.1, 0.15) is 11.6 Å². The van der Waals surface area contributed by atoms with Crippen molar-refractivity contribution in [3.63, 3.8) is 0 Å². The van der Waals surface area contributed by atoms with Gasteiger partial charge in [0.05, 0.1) is 16.1 Å². The van der Waals surface area contributed by atoms with Crippen molar-refractivity contribution in [2.45, 2.75) is 12.8 Å². The van der Waals surface area contributed by atoms with Crippen molar-refractivity contribution < 1.29 is 18.4 Å². The number of nitrogens with one attached hydrogen (secondary N) is 2. The summed E-state index contributed by atoms with van der Waals surface area (Å²) in [6.45, 7) is 0. The number of fused-ring (bicyclic) bond motifs is 1. The third-order valence-corrected chi connectivity index (χ3v) is 4.68. The van der Waals surface area contributed by atoms with Gasteiger partial charge < -0.3 is 10.3 Å². The van der Waals surface area contributed by atoms with Crippen molar-refractivity contribution in [2.24, 2.45) is 5.92 Å². The molecule has 1 aromatic carbocycles. The van der Waals surface area contributed by atoms with Crippen LogP contribution in [-0.2, 0) is 4.79 Å². The number of pyridine rings is 1. The molecule has 2 aromatic heterocycles. The molecule has 0 unspecified atom stereocenters. The Kier molecular flexibility index (Phi) is 3.96. The fourth-order valence-electron chi connectivity index (χ4n) is 2.77. The average molecular weight is 376 g/mol. The SMILES string of the molecule is O=C(c1c(F)ccc(F)c1Cl)c1c[nH]c2c(NC(=O)C3CC3)nccc12. The molecule has 5 nitrogen and oxygen atoms in total. The lowest BCUT2D eigenvalue weighted by molar-refractivity contribution is -0.117. The number of amides is 1. The number of aromatic nitrogens is 2. The number of rotatable bonds is 4. The van der Waals surface area contributed by atoms with Crippen LogP contribution in [0.3, 0.4) is 0 Å². The van der Waals surface area contributed by atoms with Crippen LogP contribution in [-0.4, -0.2) is 21.7 Å². The summed E-state index contributed by atoms with van der Waals surface area (Å²) in [6.07, 6.45) is 4.47. The second-order valence-electron chi connectivity index (χ2n) is 6.10. The first kappa shape index (κ1) is 16.7. The van der Waals surface area contributed by atoms with E-state index in [0.717, 1.165) is 25.0 Å². The van der Waals surface area contributed by atoms with Gasteiger partial charge in [0.2, 0.25) is 5.91 Å². The maximum absolute atomic E-state index is 14.1. The number of carbonyl (C=O) groups excluding carboxylic acids is 2. The zero-order chi connectivity index (χ0) is 18.4. The van der Waals surface area contributed by atoms with E-state index in [1.54, 1.807) is 6.07 Å². The summed E-state index contributed by atoms with van der Waals surface area (Å²) in [5.41, 5.74) is 0.00134. The van der Waals surface area contributed by atoms with Gasteiger partial charge in [-0.05, 0) is 31.0 Å². The Labute approximate surface area is 151 Å². The van der Waals surface area contributed by atoms with Crippen molar-refractivity contribution in [1.29, 1.82) is 0 Å². The lowest BCUT2D eigenvalue weighted by Crippen LogP contribution is -2.14. The van der Waals surface area contributed by atoms with E-state index in [9.17, 15) is 18.4 Å². The van der Waals surface area contributed by atoms with Gasteiger partial charge in [-0.2, -0.15) is 0 Å². The highest BCUT2D eigenvalue weighted by atomic mass is 35.5. The van der Waals surface area contributed by atoms with E-state index < -0.39 is 28.0 Å². The number of H-pyrrole nitrogens is 1. The number of aromatic amines is 1. The smallest absolute Gasteiger partial charge is 0.228 e. The second kappa shape index (κ2) is 6.17. The van der Waals surface area contributed by atoms with Crippen LogP contribution in [0.25, 0.3) is 10.9 Å². The van der Waals surface area contributed by atoms with Crippen LogP contribution in [0, 0.1) is 17.6 Å². The van der Waals surface area contributed by atoms with Gasteiger partial charge in [0, 0.05) is 29.3 Å². The van der Waals surface area contributed by atoms with Gasteiger partial charge in [0.15, 0.2) is 11.6 Å². The van der Waals surface area contributed by atoms with Crippen LogP contribution in [0.15, 0.2) is 30.6 Å². The standard InChI is InChI=1S/C18H12ClF2N3O2/c19-14-12(21)4-3-11(20)13(14)16(25)10-7-23-15-9(10)5-6-22-17(15)24-18(26)8-1-2-8/h3-8,23H,1-2H2,(H,22,24,26). The van der Waals surface area contributed by atoms with E-state index in [0.29, 0.717) is 10.9 Å². The Morgan fingerprint density at radius 1 is 1.19 bits per heavy atom. The first-order chi connectivity index (χ1) is 12.5. The fourth-order valence-corrected chi connectivity index (χ4v) is 3.01. The summed E-state index contributed by atoms with van der Waals surface area (Å²) in [5.74, 6) is -2.41. The van der Waals surface area contributed by atoms with Gasteiger partial charge in [0.25, 0.3) is 0 Å². The molecule has 0 aliphatic heterocycles. The molecule has 1 aliphatic carbocycles. The molecule has 26 heavy (non-hydrogen) atoms. The molecule has 1 fully saturated rings. The minimum Gasteiger partial charge on any atom is -0.357 e. The van der Waals surface area contributed by atoms with Crippen molar-refractivity contribution >= 4 is 40.0 Å². The Bertz CT molecular complexity index is 1060. The summed E-state index contributed by atoms with van der Waals surface area (Å²) >= 11 is 5.79. The predicted octanol–water partition coefficient (Wildman–Crippen LogP) is 4.07. The molecule has 0 spiro atoms. The monoisotopic (exact) mass is 375 g/mol. The molecule has 2 heterocycles. The molecular weight excluding hydrogens is 364 g/mol. The van der Waals surface area contributed by atoms with E-state index >= 15 is 0 Å². The highest BCUT2D eigenvalue weighted by molar-refractivity contribution is 6.35. The molecule has 1 aliphatic rings. The number of benzene rings is 1. The fraction of sp³-hybridized carbons (Fsp3) is 0.167. The number of halogens is 3. The van der Waals surface area contributed by atoms with E-state index in [4.69, 9.17) is 11.6 Å². The van der Waals surface area contributed by atoms with E-state index in [2.05, 4.69) is 15.3 Å². The maximum Gasteiger partial charge on any atom is 0.228 e. The Hall–Kier alpha value is -2.80. The van der Waals surface area contributed by atoms with Gasteiger partial charge in [-0.3, -0.25) is 9.59 Å². The summed E-state index contributed by atoms with van der Waals surface area (Å²) in [5, 5.41) is 2.58. The Balaban J connectivity index is 1.77. The van der Waals surface area contributed by atoms with Gasteiger partial charge in [-0.15, -0.1) is 0 Å². The predicted molar refractivity (Wildman–Crippen MR) is 92.2 cm³/mol. The van der Waals surface area contributed by atoms with Crippen molar-refractivity contribution in [1.82, 2.24) is 9.97 Å². The number of carbonyl (C=O) groups is 2. The lowest BCUT2D eigenvalue weighted by Gasteiger charge is -2.06. The molecule has 1 amide bonds. The van der Waals surface area contributed by atoms with Gasteiger partial charge >= 0.3 is 0 Å². The first-order valence-electron chi connectivity index (χ1n) is 7.92. The normalized spacial score (nSPS) is 13.8. The molecule has 0 atom stereocenters. The molecule has 0 saturated heterocycles. The largest absolute Gasteiger partial charge is 0.357 e. The molecule has 1 saturated carbocycles. The number of ketones is 1. The molecule has 3 aromatic rings. The third kappa shape index (κ3) is 2.74. The van der Waals surface area contributed by atoms with E-state index in [1.165, 1.54) is 12.4 Å². The van der Waals surface area contributed by atoms with Crippen LogP contribution in [0.2, 0.25) is 5.02 Å². The third-order valence-electron chi connectivity index (χ3n) is 4.31.